The number of hydrogen-bond donors (Lipinski definition) is 0. The smallest absolute Gasteiger partial charge is 0.272 e. The molecule has 0 aromatic heterocycles. The number of carbonyl (C=O) groups is 2. The minimum Gasteiger partial charge on any atom is -0.272 e. The van der Waals surface area contributed by atoms with E-state index in [-0.39, 0.29) is 5.91 Å². The Labute approximate surface area is 76.5 Å². The van der Waals surface area contributed by atoms with Gasteiger partial charge in [0.1, 0.15) is 5.54 Å². The molecular weight excluding hydrogens is 170 g/mol. The number of amides is 3. The largest absolute Gasteiger partial charge is 0.340 e. The van der Waals surface area contributed by atoms with Crippen molar-refractivity contribution in [2.75, 3.05) is 7.05 Å². The lowest BCUT2D eigenvalue weighted by Gasteiger charge is -2.23. The summed E-state index contributed by atoms with van der Waals surface area (Å²) in [7, 11) is 1.38. The Balaban J connectivity index is 3.17. The summed E-state index contributed by atoms with van der Waals surface area (Å²) in [5.74, 6) is -0.318. The number of likely N-dealkylation sites (N-methyl/N-ethyl adjacent to an activating group) is 1. The van der Waals surface area contributed by atoms with Crippen molar-refractivity contribution in [2.45, 2.75) is 25.8 Å². The highest BCUT2D eigenvalue weighted by molar-refractivity contribution is 6.07. The molecule has 0 bridgehead atoms. The third-order valence-electron chi connectivity index (χ3n) is 2.53. The van der Waals surface area contributed by atoms with Crippen LogP contribution in [-0.2, 0) is 4.79 Å². The number of nitrogens with zero attached hydrogens (tertiary/aromatic N) is 3. The maximum absolute atomic E-state index is 11.6. The Bertz CT molecular complexity index is 307. The lowest BCUT2D eigenvalue weighted by Crippen LogP contribution is -2.43. The van der Waals surface area contributed by atoms with Crippen LogP contribution in [0.15, 0.2) is 0 Å². The number of urea groups is 1. The van der Waals surface area contributed by atoms with Gasteiger partial charge in [-0.05, 0) is 13.3 Å². The van der Waals surface area contributed by atoms with E-state index in [1.165, 1.54) is 7.05 Å². The first-order valence-electron chi connectivity index (χ1n) is 4.01. The van der Waals surface area contributed by atoms with Gasteiger partial charge in [-0.3, -0.25) is 9.69 Å². The molecule has 0 aliphatic carbocycles. The van der Waals surface area contributed by atoms with Gasteiger partial charge in [0.25, 0.3) is 5.91 Å². The van der Waals surface area contributed by atoms with Gasteiger partial charge >= 0.3 is 6.03 Å². The average Bonchev–Trinajstić information content (AvgIpc) is 2.29. The molecule has 1 saturated heterocycles. The van der Waals surface area contributed by atoms with Gasteiger partial charge in [0.05, 0.1) is 0 Å². The lowest BCUT2D eigenvalue weighted by molar-refractivity contribution is -0.131. The third kappa shape index (κ3) is 0.985. The van der Waals surface area contributed by atoms with Crippen LogP contribution < -0.4 is 0 Å². The van der Waals surface area contributed by atoms with Gasteiger partial charge in [-0.25, -0.2) is 9.69 Å². The highest BCUT2D eigenvalue weighted by Gasteiger charge is 2.52. The second-order valence-electron chi connectivity index (χ2n) is 3.21. The number of carbonyl (C=O) groups excluding carboxylic acids is 2. The number of hydrogen-bond acceptors (Lipinski definition) is 3. The standard InChI is InChI=1S/C8H11N3O2/c1-4-8(2)6(12)10(3)7(13)11(8)5-9/h4H2,1-3H3. The first kappa shape index (κ1) is 9.52. The fourth-order valence-corrected chi connectivity index (χ4v) is 1.37. The molecule has 3 amide bonds. The molecule has 1 rings (SSSR count). The van der Waals surface area contributed by atoms with Crippen molar-refractivity contribution in [1.82, 2.24) is 9.80 Å². The van der Waals surface area contributed by atoms with Crippen LogP contribution in [0, 0.1) is 11.5 Å². The summed E-state index contributed by atoms with van der Waals surface area (Å²) in [5, 5.41) is 8.71. The Hall–Kier alpha value is -1.57. The number of rotatable bonds is 1. The van der Waals surface area contributed by atoms with Gasteiger partial charge in [0.15, 0.2) is 6.19 Å². The van der Waals surface area contributed by atoms with Crippen LogP contribution in [0.25, 0.3) is 0 Å². The topological polar surface area (TPSA) is 64.4 Å². The van der Waals surface area contributed by atoms with E-state index >= 15 is 0 Å². The average molecular weight is 181 g/mol. The fraction of sp³-hybridized carbons (Fsp3) is 0.625. The van der Waals surface area contributed by atoms with Gasteiger partial charge in [-0.15, -0.1) is 0 Å². The molecule has 1 aliphatic rings. The van der Waals surface area contributed by atoms with Gasteiger partial charge in [0.2, 0.25) is 0 Å². The zero-order chi connectivity index (χ0) is 10.2. The van der Waals surface area contributed by atoms with Crippen molar-refractivity contribution in [1.29, 1.82) is 5.26 Å². The van der Waals surface area contributed by atoms with E-state index in [4.69, 9.17) is 5.26 Å². The predicted octanol–water partition coefficient (Wildman–Crippen LogP) is 0.530. The Morgan fingerprint density at radius 3 is 2.38 bits per heavy atom. The first-order valence-corrected chi connectivity index (χ1v) is 4.01. The maximum Gasteiger partial charge on any atom is 0.340 e. The van der Waals surface area contributed by atoms with Crippen LogP contribution in [0.1, 0.15) is 20.3 Å². The van der Waals surface area contributed by atoms with Crippen molar-refractivity contribution in [3.8, 4) is 6.19 Å². The third-order valence-corrected chi connectivity index (χ3v) is 2.53. The minimum absolute atomic E-state index is 0.318. The molecule has 1 heterocycles. The summed E-state index contributed by atoms with van der Waals surface area (Å²) < 4.78 is 0. The van der Waals surface area contributed by atoms with E-state index in [0.717, 1.165) is 9.80 Å². The summed E-state index contributed by atoms with van der Waals surface area (Å²) in [6, 6.07) is -0.545. The molecule has 0 saturated carbocycles. The molecule has 1 unspecified atom stereocenters. The van der Waals surface area contributed by atoms with Gasteiger partial charge < -0.3 is 0 Å². The molecule has 13 heavy (non-hydrogen) atoms. The van der Waals surface area contributed by atoms with E-state index in [2.05, 4.69) is 0 Å². The summed E-state index contributed by atoms with van der Waals surface area (Å²) >= 11 is 0. The van der Waals surface area contributed by atoms with Crippen LogP contribution in [0.3, 0.4) is 0 Å². The van der Waals surface area contributed by atoms with Crippen LogP contribution in [0.2, 0.25) is 0 Å². The zero-order valence-electron chi connectivity index (χ0n) is 7.87. The van der Waals surface area contributed by atoms with Crippen molar-refractivity contribution in [3.63, 3.8) is 0 Å². The van der Waals surface area contributed by atoms with Crippen LogP contribution in [-0.4, -0.2) is 34.3 Å². The second kappa shape index (κ2) is 2.73. The van der Waals surface area contributed by atoms with E-state index in [0.29, 0.717) is 6.42 Å². The van der Waals surface area contributed by atoms with E-state index in [1.54, 1.807) is 20.0 Å². The molecule has 5 heteroatoms. The lowest BCUT2D eigenvalue weighted by atomic mass is 9.98. The van der Waals surface area contributed by atoms with Gasteiger partial charge in [-0.1, -0.05) is 6.92 Å². The molecule has 0 N–H and O–H groups in total. The molecule has 1 atom stereocenters. The summed E-state index contributed by atoms with van der Waals surface area (Å²) in [6.07, 6.45) is 2.18. The predicted molar refractivity (Wildman–Crippen MR) is 44.3 cm³/mol. The van der Waals surface area contributed by atoms with E-state index in [1.807, 2.05) is 0 Å². The van der Waals surface area contributed by atoms with E-state index < -0.39 is 11.6 Å². The molecule has 1 fully saturated rings. The Morgan fingerprint density at radius 1 is 1.54 bits per heavy atom. The Kier molecular flexibility index (Phi) is 2.00. The molecule has 1 aliphatic heterocycles. The SMILES string of the molecule is CCC1(C)C(=O)N(C)C(=O)N1C#N. The van der Waals surface area contributed by atoms with Crippen molar-refractivity contribution in [3.05, 3.63) is 0 Å². The quantitative estimate of drug-likeness (QED) is 0.438. The fourth-order valence-electron chi connectivity index (χ4n) is 1.37. The maximum atomic E-state index is 11.6. The minimum atomic E-state index is -0.986. The van der Waals surface area contributed by atoms with Crippen LogP contribution in [0.5, 0.6) is 0 Å². The van der Waals surface area contributed by atoms with Crippen LogP contribution in [0.4, 0.5) is 4.79 Å². The highest BCUT2D eigenvalue weighted by Crippen LogP contribution is 2.28. The zero-order valence-corrected chi connectivity index (χ0v) is 7.87. The highest BCUT2D eigenvalue weighted by atomic mass is 16.2. The first-order chi connectivity index (χ1) is 5.99. The van der Waals surface area contributed by atoms with E-state index in [9.17, 15) is 9.59 Å². The molecule has 0 aromatic rings. The number of nitriles is 1. The van der Waals surface area contributed by atoms with Crippen molar-refractivity contribution >= 4 is 11.9 Å². The van der Waals surface area contributed by atoms with Crippen molar-refractivity contribution in [2.24, 2.45) is 0 Å². The summed E-state index contributed by atoms with van der Waals surface area (Å²) in [6.45, 7) is 3.37. The Morgan fingerprint density at radius 2 is 2.08 bits per heavy atom. The molecular formula is C8H11N3O2. The van der Waals surface area contributed by atoms with Crippen molar-refractivity contribution < 1.29 is 9.59 Å². The summed E-state index contributed by atoms with van der Waals surface area (Å²) in [5.41, 5.74) is -0.986. The van der Waals surface area contributed by atoms with Crippen LogP contribution >= 0.6 is 0 Å². The van der Waals surface area contributed by atoms with Gasteiger partial charge in [0, 0.05) is 7.05 Å². The molecule has 0 spiro atoms. The molecule has 5 nitrogen and oxygen atoms in total. The summed E-state index contributed by atoms with van der Waals surface area (Å²) in [4.78, 5) is 24.8. The molecule has 70 valence electrons. The number of imide groups is 1. The monoisotopic (exact) mass is 181 g/mol. The molecule has 0 aromatic carbocycles. The van der Waals surface area contributed by atoms with Gasteiger partial charge in [-0.2, -0.15) is 5.26 Å². The molecule has 0 radical (unpaired) electrons. The second-order valence-corrected chi connectivity index (χ2v) is 3.21. The normalized spacial score (nSPS) is 28.2.